The topological polar surface area (TPSA) is 43.4 Å². The first-order valence-electron chi connectivity index (χ1n) is 1.55. The molecule has 3 nitrogen and oxygen atoms in total. The van der Waals surface area contributed by atoms with Crippen molar-refractivity contribution in [1.29, 1.82) is 0 Å². The Balaban J connectivity index is 6.56. The van der Waals surface area contributed by atoms with Gasteiger partial charge in [0.25, 0.3) is 0 Å². The number of hydrogen-bond acceptors (Lipinski definition) is 3. The number of halogens is 6. The predicted molar refractivity (Wildman–Crippen MR) is 9.11 cm³/mol. The van der Waals surface area contributed by atoms with E-state index >= 15 is 0 Å². The van der Waals surface area contributed by atoms with Crippen LogP contribution in [0.3, 0.4) is 0 Å². The normalized spacial score (nSPS) is 29.0. The molecule has 0 aliphatic heterocycles. The zero-order valence-electron chi connectivity index (χ0n) is 3.94. The summed E-state index contributed by atoms with van der Waals surface area (Å²) in [5, 5.41) is 0. The molecule has 10 heavy (non-hydrogen) atoms. The zero-order valence-corrected chi connectivity index (χ0v) is 6.14. The van der Waals surface area contributed by atoms with Crippen molar-refractivity contribution in [2.24, 2.45) is 0 Å². The van der Waals surface area contributed by atoms with Crippen LogP contribution in [-0.2, 0) is 24.9 Å². The Morgan fingerprint density at radius 1 is 0.900 bits per heavy atom. The van der Waals surface area contributed by atoms with Gasteiger partial charge in [0, 0.05) is 0 Å². The Morgan fingerprint density at radius 3 is 1.00 bits per heavy atom. The van der Waals surface area contributed by atoms with Gasteiger partial charge in [-0.25, -0.2) is 0 Å². The number of hydrogen-bond donors (Lipinski definition) is 0. The van der Waals surface area contributed by atoms with E-state index in [1.807, 2.05) is 0 Å². The van der Waals surface area contributed by atoms with Crippen LogP contribution in [0, 0.1) is 0 Å². The SMILES string of the molecule is [O]=[Nb](=[O])([F])([F])([F])([F])([F])[O]F. The second kappa shape index (κ2) is 0.661. The first kappa shape index (κ1) is 9.88. The van der Waals surface area contributed by atoms with Crippen molar-refractivity contribution in [1.82, 2.24) is 0 Å². The van der Waals surface area contributed by atoms with Crippen molar-refractivity contribution in [3.05, 3.63) is 0 Å². The summed E-state index contributed by atoms with van der Waals surface area (Å²) < 4.78 is 80.3. The molecule has 0 fully saturated rings. The van der Waals surface area contributed by atoms with E-state index in [4.69, 9.17) is 6.50 Å². The molecule has 0 aromatic rings. The summed E-state index contributed by atoms with van der Waals surface area (Å²) in [6.45, 7) is 0. The van der Waals surface area contributed by atoms with E-state index in [0.717, 1.165) is 0 Å². The van der Waals surface area contributed by atoms with Crippen molar-refractivity contribution < 1.29 is 44.6 Å². The van der Waals surface area contributed by atoms with Crippen LogP contribution in [0.5, 0.6) is 0 Å². The van der Waals surface area contributed by atoms with Gasteiger partial charge in [-0.2, -0.15) is 0 Å². The van der Waals surface area contributed by atoms with Crippen molar-refractivity contribution >= 4 is 0 Å². The summed E-state index contributed by atoms with van der Waals surface area (Å²) in [6.07, 6.45) is 0. The van der Waals surface area contributed by atoms with Gasteiger partial charge in [0.1, 0.15) is 0 Å². The van der Waals surface area contributed by atoms with Crippen LogP contribution in [-0.4, -0.2) is 0 Å². The molecule has 0 amide bonds. The van der Waals surface area contributed by atoms with E-state index < -0.39 is 15.0 Å². The molecule has 0 rings (SSSR count). The Kier molecular flexibility index (Phi) is 0.653. The van der Waals surface area contributed by atoms with Gasteiger partial charge in [-0.1, -0.05) is 0 Å². The van der Waals surface area contributed by atoms with Gasteiger partial charge in [-0.05, 0) is 0 Å². The van der Waals surface area contributed by atoms with E-state index in [0.29, 0.717) is 0 Å². The summed E-state index contributed by atoms with van der Waals surface area (Å²) in [4.78, 5) is 0. The number of rotatable bonds is 1. The van der Waals surface area contributed by atoms with E-state index in [-0.39, 0.29) is 3.45 Å². The molecular formula is F6NbO3. The fraction of sp³-hybridized carbons (Fsp3) is 0. The molecule has 0 aromatic heterocycles. The van der Waals surface area contributed by atoms with E-state index in [9.17, 15) is 19.6 Å². The molecule has 0 aliphatic rings. The summed E-state index contributed by atoms with van der Waals surface area (Å²) in [5.41, 5.74) is 0. The molecule has 0 aromatic carbocycles. The standard InChI is InChI=1S/FO.5FH.Nb.2O/c1-2;;;;;;;;/h;5*1H;;;/q-1;;;;;;+6;;/p-5. The average Bonchev–Trinajstić information content (AvgIpc) is 1.25. The molecule has 0 heterocycles. The molecule has 0 unspecified atom stereocenters. The minimum atomic E-state index is -14.6. The third-order valence-electron chi connectivity index (χ3n) is 0.187. The van der Waals surface area contributed by atoms with Crippen LogP contribution >= 0.6 is 0 Å². The monoisotopic (exact) mass is 255 g/mol. The van der Waals surface area contributed by atoms with Crippen LogP contribution in [0.1, 0.15) is 0 Å². The molecule has 65 valence electrons. The third kappa shape index (κ3) is 7.88. The van der Waals surface area contributed by atoms with Gasteiger partial charge < -0.3 is 0 Å². The molecule has 0 aliphatic carbocycles. The van der Waals surface area contributed by atoms with Gasteiger partial charge in [0.05, 0.1) is 0 Å². The Hall–Kier alpha value is -0.120. The Bertz CT molecular complexity index is 372. The minimum absolute atomic E-state index is 0.0840. The van der Waals surface area contributed by atoms with Crippen LogP contribution < -0.4 is 0 Å². The van der Waals surface area contributed by atoms with Crippen molar-refractivity contribution in [2.45, 2.75) is 0 Å². The van der Waals surface area contributed by atoms with Gasteiger partial charge in [-0.3, -0.25) is 0 Å². The fourth-order valence-corrected chi connectivity index (χ4v) is 0. The van der Waals surface area contributed by atoms with Crippen LogP contribution in [0.4, 0.5) is 19.6 Å². The first-order chi connectivity index (χ1) is 3.43. The second-order valence-corrected chi connectivity index (χ2v) is 11.6. The van der Waals surface area contributed by atoms with E-state index in [1.54, 1.807) is 0 Å². The average molecular weight is 255 g/mol. The summed E-state index contributed by atoms with van der Waals surface area (Å²) in [6, 6.07) is 0. The van der Waals surface area contributed by atoms with Crippen LogP contribution in [0.2, 0.25) is 0 Å². The zero-order chi connectivity index (χ0) is 9.06. The summed E-state index contributed by atoms with van der Waals surface area (Å²) in [7, 11) is 0. The first-order valence-corrected chi connectivity index (χ1v) is 8.39. The molecule has 0 bridgehead atoms. The van der Waals surface area contributed by atoms with E-state index in [1.165, 1.54) is 0 Å². The maximum absolute atomic E-state index is 14.6. The Labute approximate surface area is 45.3 Å². The molecule has 0 N–H and O–H groups in total. The summed E-state index contributed by atoms with van der Waals surface area (Å²) >= 11 is -14.6. The summed E-state index contributed by atoms with van der Waals surface area (Å²) in [5.74, 6) is 0. The van der Waals surface area contributed by atoms with Crippen molar-refractivity contribution in [3.8, 4) is 0 Å². The Morgan fingerprint density at radius 2 is 1.00 bits per heavy atom. The van der Waals surface area contributed by atoms with Crippen LogP contribution in [0.25, 0.3) is 0 Å². The second-order valence-electron chi connectivity index (χ2n) is 1.97. The third-order valence-corrected chi connectivity index (χ3v) is 1.10. The molecule has 0 atom stereocenters. The van der Waals surface area contributed by atoms with Crippen molar-refractivity contribution in [3.63, 3.8) is 0 Å². The molecule has 0 radical (unpaired) electrons. The molecule has 0 saturated carbocycles. The quantitative estimate of drug-likeness (QED) is 0.532. The predicted octanol–water partition coefficient (Wildman–Crippen LogP) is 2.21. The molecule has 0 saturated heterocycles. The molecule has 10 heteroatoms. The van der Waals surface area contributed by atoms with Crippen LogP contribution in [0.15, 0.2) is 0 Å². The van der Waals surface area contributed by atoms with Gasteiger partial charge in [0.2, 0.25) is 0 Å². The van der Waals surface area contributed by atoms with Gasteiger partial charge >= 0.3 is 44.6 Å². The molecule has 0 spiro atoms. The van der Waals surface area contributed by atoms with E-state index in [2.05, 4.69) is 0 Å². The fourth-order valence-electron chi connectivity index (χ4n) is 0. The van der Waals surface area contributed by atoms with Crippen molar-refractivity contribution in [2.75, 3.05) is 0 Å². The maximum atomic E-state index is 10.7. The van der Waals surface area contributed by atoms with Gasteiger partial charge in [0.15, 0.2) is 0 Å². The molecular weight excluding hydrogens is 255 g/mol. The van der Waals surface area contributed by atoms with Gasteiger partial charge in [-0.15, -0.1) is 0 Å².